The highest BCUT2D eigenvalue weighted by Gasteiger charge is 2.15. The third kappa shape index (κ3) is 6.56. The Morgan fingerprint density at radius 3 is 2.47 bits per heavy atom. The number of carbonyl (C=O) groups is 2. The van der Waals surface area contributed by atoms with Crippen molar-refractivity contribution in [2.45, 2.75) is 26.2 Å². The highest BCUT2D eigenvalue weighted by atomic mass is 35.5. The number of carbonyl (C=O) groups excluding carboxylic acids is 2. The van der Waals surface area contributed by atoms with Crippen molar-refractivity contribution >= 4 is 63.7 Å². The first-order valence-electron chi connectivity index (χ1n) is 9.93. The summed E-state index contributed by atoms with van der Waals surface area (Å²) in [5.41, 5.74) is 1.88. The summed E-state index contributed by atoms with van der Waals surface area (Å²) in [6.07, 6.45) is 2.25. The first-order chi connectivity index (χ1) is 15.4. The average molecular weight is 490 g/mol. The molecule has 0 spiro atoms. The van der Waals surface area contributed by atoms with Crippen LogP contribution in [0.3, 0.4) is 0 Å². The molecule has 166 valence electrons. The third-order valence-corrected chi connectivity index (χ3v) is 5.17. The van der Waals surface area contributed by atoms with Gasteiger partial charge in [-0.25, -0.2) is 0 Å². The molecular weight excluding hydrogens is 469 g/mol. The summed E-state index contributed by atoms with van der Waals surface area (Å²) in [7, 11) is 0. The molecule has 2 amide bonds. The highest BCUT2D eigenvalue weighted by Crippen LogP contribution is 2.31. The van der Waals surface area contributed by atoms with Crippen LogP contribution in [0.2, 0.25) is 10.0 Å². The van der Waals surface area contributed by atoms with Crippen LogP contribution in [0.5, 0.6) is 0 Å². The maximum absolute atomic E-state index is 12.5. The minimum absolute atomic E-state index is 0.0470. The number of thiocarbonyl (C=S) groups is 1. The Hall–Kier alpha value is -2.87. The highest BCUT2D eigenvalue weighted by molar-refractivity contribution is 7.80. The van der Waals surface area contributed by atoms with Crippen molar-refractivity contribution < 1.29 is 14.0 Å². The second kappa shape index (κ2) is 11.1. The van der Waals surface area contributed by atoms with Crippen molar-refractivity contribution in [3.63, 3.8) is 0 Å². The Kier molecular flexibility index (Phi) is 8.27. The molecule has 2 aromatic carbocycles. The van der Waals surface area contributed by atoms with E-state index in [0.717, 1.165) is 12.8 Å². The summed E-state index contributed by atoms with van der Waals surface area (Å²) in [6.45, 7) is 2.03. The second-order valence-electron chi connectivity index (χ2n) is 6.93. The number of hydrogen-bond acceptors (Lipinski definition) is 4. The van der Waals surface area contributed by atoms with Crippen LogP contribution in [0.1, 0.15) is 36.7 Å². The van der Waals surface area contributed by atoms with E-state index >= 15 is 0 Å². The molecular formula is C23H21Cl2N3O3S. The zero-order chi connectivity index (χ0) is 23.1. The molecule has 0 radical (unpaired) electrons. The van der Waals surface area contributed by atoms with Gasteiger partial charge in [-0.3, -0.25) is 14.9 Å². The maximum Gasteiger partial charge on any atom is 0.293 e. The van der Waals surface area contributed by atoms with Gasteiger partial charge in [-0.1, -0.05) is 42.6 Å². The molecule has 3 N–H and O–H groups in total. The zero-order valence-corrected chi connectivity index (χ0v) is 19.5. The molecule has 0 fully saturated rings. The predicted molar refractivity (Wildman–Crippen MR) is 132 cm³/mol. The Balaban J connectivity index is 1.60. The molecule has 3 rings (SSSR count). The van der Waals surface area contributed by atoms with Crippen LogP contribution < -0.4 is 16.0 Å². The molecule has 32 heavy (non-hydrogen) atoms. The van der Waals surface area contributed by atoms with Gasteiger partial charge >= 0.3 is 0 Å². The Labute approximate surface area is 201 Å². The van der Waals surface area contributed by atoms with E-state index in [0.29, 0.717) is 39.2 Å². The van der Waals surface area contributed by atoms with Gasteiger partial charge in [0.1, 0.15) is 5.76 Å². The number of benzene rings is 2. The van der Waals surface area contributed by atoms with E-state index in [1.54, 1.807) is 48.5 Å². The fourth-order valence-corrected chi connectivity index (χ4v) is 3.57. The van der Waals surface area contributed by atoms with Gasteiger partial charge < -0.3 is 15.1 Å². The predicted octanol–water partition coefficient (Wildman–Crippen LogP) is 6.51. The molecule has 1 aromatic heterocycles. The van der Waals surface area contributed by atoms with Crippen molar-refractivity contribution in [2.24, 2.45) is 0 Å². The van der Waals surface area contributed by atoms with E-state index in [9.17, 15) is 9.59 Å². The van der Waals surface area contributed by atoms with Gasteiger partial charge in [0.2, 0.25) is 5.91 Å². The molecule has 3 aromatic rings. The molecule has 6 nitrogen and oxygen atoms in total. The lowest BCUT2D eigenvalue weighted by Crippen LogP contribution is -2.33. The first-order valence-corrected chi connectivity index (χ1v) is 11.1. The molecule has 0 aliphatic carbocycles. The smallest absolute Gasteiger partial charge is 0.293 e. The van der Waals surface area contributed by atoms with Gasteiger partial charge in [0.05, 0.1) is 5.02 Å². The van der Waals surface area contributed by atoms with Crippen LogP contribution in [-0.2, 0) is 4.79 Å². The van der Waals surface area contributed by atoms with E-state index in [-0.39, 0.29) is 16.8 Å². The van der Waals surface area contributed by atoms with Crippen LogP contribution in [0.25, 0.3) is 11.3 Å². The lowest BCUT2D eigenvalue weighted by molar-refractivity contribution is -0.116. The van der Waals surface area contributed by atoms with Crippen molar-refractivity contribution in [3.05, 3.63) is 70.4 Å². The van der Waals surface area contributed by atoms with Crippen molar-refractivity contribution in [1.82, 2.24) is 5.32 Å². The van der Waals surface area contributed by atoms with Crippen molar-refractivity contribution in [1.29, 1.82) is 0 Å². The molecule has 9 heteroatoms. The SMILES string of the molecule is CCCCC(=O)Nc1cccc(NC(=S)NC(=O)c2ccc(-c3ccc(Cl)cc3Cl)o2)c1. The Morgan fingerprint density at radius 2 is 1.75 bits per heavy atom. The number of halogens is 2. The van der Waals surface area contributed by atoms with Gasteiger partial charge in [-0.15, -0.1) is 0 Å². The van der Waals surface area contributed by atoms with Gasteiger partial charge in [0, 0.05) is 28.4 Å². The Bertz CT molecular complexity index is 1150. The van der Waals surface area contributed by atoms with Gasteiger partial charge in [0.25, 0.3) is 5.91 Å². The van der Waals surface area contributed by atoms with Crippen LogP contribution >= 0.6 is 35.4 Å². The van der Waals surface area contributed by atoms with E-state index in [1.807, 2.05) is 6.92 Å². The molecule has 0 saturated heterocycles. The maximum atomic E-state index is 12.5. The number of unbranched alkanes of at least 4 members (excludes halogenated alkanes) is 1. The Morgan fingerprint density at radius 1 is 1.00 bits per heavy atom. The summed E-state index contributed by atoms with van der Waals surface area (Å²) < 4.78 is 5.62. The van der Waals surface area contributed by atoms with E-state index < -0.39 is 5.91 Å². The van der Waals surface area contributed by atoms with Crippen LogP contribution in [0, 0.1) is 0 Å². The largest absolute Gasteiger partial charge is 0.451 e. The van der Waals surface area contributed by atoms with Crippen LogP contribution in [-0.4, -0.2) is 16.9 Å². The zero-order valence-electron chi connectivity index (χ0n) is 17.2. The summed E-state index contributed by atoms with van der Waals surface area (Å²) in [6, 6.07) is 15.2. The minimum Gasteiger partial charge on any atom is -0.451 e. The molecule has 1 heterocycles. The number of amides is 2. The lowest BCUT2D eigenvalue weighted by atomic mass is 10.2. The van der Waals surface area contributed by atoms with Crippen molar-refractivity contribution in [3.8, 4) is 11.3 Å². The normalized spacial score (nSPS) is 10.5. The molecule has 0 atom stereocenters. The van der Waals surface area contributed by atoms with Gasteiger partial charge in [-0.05, 0) is 67.2 Å². The van der Waals surface area contributed by atoms with Gasteiger partial charge in [-0.2, -0.15) is 0 Å². The molecule has 0 bridgehead atoms. The number of anilines is 2. The van der Waals surface area contributed by atoms with E-state index in [2.05, 4.69) is 16.0 Å². The summed E-state index contributed by atoms with van der Waals surface area (Å²) in [4.78, 5) is 24.4. The molecule has 0 aliphatic heterocycles. The van der Waals surface area contributed by atoms with Crippen LogP contribution in [0.15, 0.2) is 59.0 Å². The topological polar surface area (TPSA) is 83.4 Å². The monoisotopic (exact) mass is 489 g/mol. The average Bonchev–Trinajstić information content (AvgIpc) is 3.22. The number of furan rings is 1. The quantitative estimate of drug-likeness (QED) is 0.329. The fraction of sp³-hybridized carbons (Fsp3) is 0.174. The number of rotatable bonds is 7. The molecule has 0 aliphatic rings. The summed E-state index contributed by atoms with van der Waals surface area (Å²) >= 11 is 17.3. The number of hydrogen-bond donors (Lipinski definition) is 3. The summed E-state index contributed by atoms with van der Waals surface area (Å²) in [5.74, 6) is -0.0496. The fourth-order valence-electron chi connectivity index (χ4n) is 2.86. The summed E-state index contributed by atoms with van der Waals surface area (Å²) in [5, 5.41) is 9.34. The number of nitrogens with one attached hydrogen (secondary N) is 3. The molecule has 0 unspecified atom stereocenters. The standard InChI is InChI=1S/C23H21Cl2N3O3S/c1-2-3-7-21(29)26-15-5-4-6-16(13-15)27-23(32)28-22(30)20-11-10-19(31-20)17-9-8-14(24)12-18(17)25/h4-6,8-13H,2-3,7H2,1H3,(H,26,29)(H2,27,28,30,32). The second-order valence-corrected chi connectivity index (χ2v) is 8.18. The third-order valence-electron chi connectivity index (χ3n) is 4.42. The van der Waals surface area contributed by atoms with Crippen molar-refractivity contribution in [2.75, 3.05) is 10.6 Å². The van der Waals surface area contributed by atoms with E-state index in [1.165, 1.54) is 6.07 Å². The molecule has 0 saturated carbocycles. The lowest BCUT2D eigenvalue weighted by Gasteiger charge is -2.11. The van der Waals surface area contributed by atoms with E-state index in [4.69, 9.17) is 39.8 Å². The van der Waals surface area contributed by atoms with Gasteiger partial charge in [0.15, 0.2) is 10.9 Å². The minimum atomic E-state index is -0.511. The first kappa shape index (κ1) is 23.8. The van der Waals surface area contributed by atoms with Crippen LogP contribution in [0.4, 0.5) is 11.4 Å².